The lowest BCUT2D eigenvalue weighted by atomic mass is 9.80. The molecule has 1 heterocycles. The Bertz CT molecular complexity index is 425. The monoisotopic (exact) mass is 258 g/mol. The lowest BCUT2D eigenvalue weighted by molar-refractivity contribution is 0.0129. The van der Waals surface area contributed by atoms with E-state index in [2.05, 4.69) is 12.1 Å². The minimum absolute atomic E-state index is 0.146. The highest BCUT2D eigenvalue weighted by Gasteiger charge is 2.21. The maximum absolute atomic E-state index is 12.2. The van der Waals surface area contributed by atoms with Crippen LogP contribution >= 0.6 is 0 Å². The lowest BCUT2D eigenvalue weighted by Crippen LogP contribution is -2.22. The third kappa shape index (κ3) is 3.06. The third-order valence-electron chi connectivity index (χ3n) is 4.50. The van der Waals surface area contributed by atoms with Crippen molar-refractivity contribution >= 4 is 5.78 Å². The number of hydrogen-bond acceptors (Lipinski definition) is 2. The number of Topliss-reactive ketones (excluding diaryl/α,β-unsaturated/α-hetero) is 1. The second-order valence-corrected chi connectivity index (χ2v) is 5.87. The molecule has 2 heteroatoms. The summed E-state index contributed by atoms with van der Waals surface area (Å²) in [6, 6.07) is 8.27. The van der Waals surface area contributed by atoms with Gasteiger partial charge in [-0.25, -0.2) is 0 Å². The zero-order valence-electron chi connectivity index (χ0n) is 11.4. The van der Waals surface area contributed by atoms with Gasteiger partial charge in [-0.3, -0.25) is 4.79 Å². The Morgan fingerprint density at radius 3 is 2.42 bits per heavy atom. The van der Waals surface area contributed by atoms with Crippen molar-refractivity contribution in [2.75, 3.05) is 6.61 Å². The van der Waals surface area contributed by atoms with E-state index in [9.17, 15) is 4.79 Å². The van der Waals surface area contributed by atoms with Crippen LogP contribution in [0.2, 0.25) is 0 Å². The van der Waals surface area contributed by atoms with E-state index in [0.717, 1.165) is 30.9 Å². The first-order valence-electron chi connectivity index (χ1n) is 7.58. The molecule has 19 heavy (non-hydrogen) atoms. The summed E-state index contributed by atoms with van der Waals surface area (Å²) in [6.07, 6.45) is 8.03. The standard InChI is InChI=1S/C17H22O2/c18-17(12-16-6-1-2-11-19-16)15-9-7-14(8-10-15)13-4-3-5-13/h7-10,13,16H,1-6,11-12H2. The summed E-state index contributed by atoms with van der Waals surface area (Å²) < 4.78 is 5.64. The summed E-state index contributed by atoms with van der Waals surface area (Å²) in [5.41, 5.74) is 2.24. The van der Waals surface area contributed by atoms with Crippen molar-refractivity contribution in [1.82, 2.24) is 0 Å². The molecule has 2 aliphatic rings. The number of carbonyl (C=O) groups excluding carboxylic acids is 1. The molecule has 0 N–H and O–H groups in total. The molecule has 1 unspecified atom stereocenters. The van der Waals surface area contributed by atoms with E-state index in [1.165, 1.54) is 31.2 Å². The fraction of sp³-hybridized carbons (Fsp3) is 0.588. The zero-order valence-corrected chi connectivity index (χ0v) is 11.4. The van der Waals surface area contributed by atoms with Crippen molar-refractivity contribution < 1.29 is 9.53 Å². The quantitative estimate of drug-likeness (QED) is 0.760. The van der Waals surface area contributed by atoms with Crippen LogP contribution in [0.15, 0.2) is 24.3 Å². The molecule has 0 bridgehead atoms. The molecule has 0 amide bonds. The summed E-state index contributed by atoms with van der Waals surface area (Å²) in [7, 11) is 0. The van der Waals surface area contributed by atoms with Crippen LogP contribution in [0.1, 0.15) is 66.8 Å². The highest BCUT2D eigenvalue weighted by Crippen LogP contribution is 2.36. The van der Waals surface area contributed by atoms with Crippen molar-refractivity contribution in [2.24, 2.45) is 0 Å². The van der Waals surface area contributed by atoms with Crippen LogP contribution in [-0.2, 0) is 4.74 Å². The predicted octanol–water partition coefficient (Wildman–Crippen LogP) is 4.10. The van der Waals surface area contributed by atoms with Crippen LogP contribution in [-0.4, -0.2) is 18.5 Å². The number of ether oxygens (including phenoxy) is 1. The number of ketones is 1. The smallest absolute Gasteiger partial charge is 0.165 e. The molecule has 1 atom stereocenters. The fourth-order valence-electron chi connectivity index (χ4n) is 2.98. The highest BCUT2D eigenvalue weighted by atomic mass is 16.5. The maximum atomic E-state index is 12.2. The molecule has 0 radical (unpaired) electrons. The minimum Gasteiger partial charge on any atom is -0.378 e. The van der Waals surface area contributed by atoms with Gasteiger partial charge >= 0.3 is 0 Å². The molecule has 0 aromatic heterocycles. The molecule has 2 nitrogen and oxygen atoms in total. The largest absolute Gasteiger partial charge is 0.378 e. The summed E-state index contributed by atoms with van der Waals surface area (Å²) in [5, 5.41) is 0. The van der Waals surface area contributed by atoms with Gasteiger partial charge in [-0.05, 0) is 43.6 Å². The number of hydrogen-bond donors (Lipinski definition) is 0. The minimum atomic E-state index is 0.146. The van der Waals surface area contributed by atoms with Gasteiger partial charge in [-0.2, -0.15) is 0 Å². The molecule has 1 aromatic carbocycles. The van der Waals surface area contributed by atoms with Gasteiger partial charge in [0.05, 0.1) is 6.10 Å². The van der Waals surface area contributed by atoms with Crippen molar-refractivity contribution in [3.63, 3.8) is 0 Å². The number of benzene rings is 1. The molecule has 1 aliphatic heterocycles. The summed E-state index contributed by atoms with van der Waals surface area (Å²) in [6.45, 7) is 0.818. The molecule has 3 rings (SSSR count). The molecule has 1 saturated carbocycles. The third-order valence-corrected chi connectivity index (χ3v) is 4.50. The Morgan fingerprint density at radius 2 is 1.84 bits per heavy atom. The molecule has 1 saturated heterocycles. The van der Waals surface area contributed by atoms with E-state index >= 15 is 0 Å². The van der Waals surface area contributed by atoms with Gasteiger partial charge in [0.2, 0.25) is 0 Å². The van der Waals surface area contributed by atoms with Crippen LogP contribution in [0.3, 0.4) is 0 Å². The Kier molecular flexibility index (Phi) is 3.97. The highest BCUT2D eigenvalue weighted by molar-refractivity contribution is 5.96. The van der Waals surface area contributed by atoms with Gasteiger partial charge in [0.25, 0.3) is 0 Å². The Labute approximate surface area is 115 Å². The number of rotatable bonds is 4. The molecule has 102 valence electrons. The Hall–Kier alpha value is -1.15. The van der Waals surface area contributed by atoms with E-state index in [1.54, 1.807) is 0 Å². The summed E-state index contributed by atoms with van der Waals surface area (Å²) >= 11 is 0. The first kappa shape index (κ1) is 12.9. The second-order valence-electron chi connectivity index (χ2n) is 5.87. The van der Waals surface area contributed by atoms with Gasteiger partial charge in [0.15, 0.2) is 5.78 Å². The van der Waals surface area contributed by atoms with Gasteiger partial charge in [0.1, 0.15) is 0 Å². The van der Waals surface area contributed by atoms with Crippen LogP contribution < -0.4 is 0 Å². The topological polar surface area (TPSA) is 26.3 Å². The van der Waals surface area contributed by atoms with Gasteiger partial charge in [0, 0.05) is 18.6 Å². The average molecular weight is 258 g/mol. The first-order valence-corrected chi connectivity index (χ1v) is 7.58. The zero-order chi connectivity index (χ0) is 13.1. The molecule has 1 aliphatic carbocycles. The van der Waals surface area contributed by atoms with Crippen molar-refractivity contribution in [2.45, 2.75) is 57.0 Å². The number of carbonyl (C=O) groups is 1. The Morgan fingerprint density at radius 1 is 1.05 bits per heavy atom. The Balaban J connectivity index is 1.59. The maximum Gasteiger partial charge on any atom is 0.165 e. The summed E-state index contributed by atoms with van der Waals surface area (Å²) in [5.74, 6) is 0.970. The average Bonchev–Trinajstić information content (AvgIpc) is 2.39. The van der Waals surface area contributed by atoms with Gasteiger partial charge < -0.3 is 4.74 Å². The van der Waals surface area contributed by atoms with E-state index in [4.69, 9.17) is 4.74 Å². The van der Waals surface area contributed by atoms with Gasteiger partial charge in [-0.15, -0.1) is 0 Å². The van der Waals surface area contributed by atoms with Crippen LogP contribution in [0, 0.1) is 0 Å². The summed E-state index contributed by atoms with van der Waals surface area (Å²) in [4.78, 5) is 12.2. The first-order chi connectivity index (χ1) is 9.33. The van der Waals surface area contributed by atoms with Crippen molar-refractivity contribution in [1.29, 1.82) is 0 Å². The SMILES string of the molecule is O=C(CC1CCCCO1)c1ccc(C2CCC2)cc1. The second kappa shape index (κ2) is 5.87. The van der Waals surface area contributed by atoms with E-state index in [0.29, 0.717) is 6.42 Å². The van der Waals surface area contributed by atoms with E-state index < -0.39 is 0 Å². The fourth-order valence-corrected chi connectivity index (χ4v) is 2.98. The van der Waals surface area contributed by atoms with E-state index in [-0.39, 0.29) is 11.9 Å². The normalized spacial score (nSPS) is 23.9. The van der Waals surface area contributed by atoms with Crippen LogP contribution in [0.4, 0.5) is 0 Å². The molecular formula is C17H22O2. The molecular weight excluding hydrogens is 236 g/mol. The van der Waals surface area contributed by atoms with Crippen molar-refractivity contribution in [3.8, 4) is 0 Å². The van der Waals surface area contributed by atoms with Crippen LogP contribution in [0.5, 0.6) is 0 Å². The van der Waals surface area contributed by atoms with Crippen LogP contribution in [0.25, 0.3) is 0 Å². The lowest BCUT2D eigenvalue weighted by Gasteiger charge is -2.26. The van der Waals surface area contributed by atoms with E-state index in [1.807, 2.05) is 12.1 Å². The van der Waals surface area contributed by atoms with Crippen molar-refractivity contribution in [3.05, 3.63) is 35.4 Å². The van der Waals surface area contributed by atoms with Gasteiger partial charge in [-0.1, -0.05) is 30.7 Å². The molecule has 1 aromatic rings. The molecule has 2 fully saturated rings. The molecule has 0 spiro atoms. The predicted molar refractivity (Wildman–Crippen MR) is 75.6 cm³/mol.